The largest absolute Gasteiger partial charge is 0.259 e. The molecule has 2 aromatic rings. The number of aromatic nitrogens is 1. The summed E-state index contributed by atoms with van der Waals surface area (Å²) in [5.74, 6) is 0. The number of benzene rings is 1. The number of nitrogens with one attached hydrogen (secondary N) is 1. The van der Waals surface area contributed by atoms with Crippen molar-refractivity contribution in [2.45, 2.75) is 12.5 Å². The van der Waals surface area contributed by atoms with Crippen molar-refractivity contribution in [2.75, 3.05) is 0 Å². The zero-order valence-electron chi connectivity index (χ0n) is 9.68. The molecule has 1 N–H and O–H groups in total. The van der Waals surface area contributed by atoms with Gasteiger partial charge in [-0.1, -0.05) is 30.3 Å². The first kappa shape index (κ1) is 11.9. The van der Waals surface area contributed by atoms with Crippen LogP contribution in [-0.2, 0) is 10.4 Å². The van der Waals surface area contributed by atoms with Crippen molar-refractivity contribution in [3.05, 3.63) is 52.1 Å². The summed E-state index contributed by atoms with van der Waals surface area (Å²) in [6.07, 6.45) is 3.87. The highest BCUT2D eigenvalue weighted by molar-refractivity contribution is 9.11. The molecule has 0 amide bonds. The molecule has 3 nitrogen and oxygen atoms in total. The van der Waals surface area contributed by atoms with E-state index in [1.54, 1.807) is 11.3 Å². The van der Waals surface area contributed by atoms with Crippen molar-refractivity contribution in [2.24, 2.45) is 0 Å². The van der Waals surface area contributed by atoms with Gasteiger partial charge in [-0.2, -0.15) is 0 Å². The van der Waals surface area contributed by atoms with Crippen LogP contribution in [0, 0.1) is 0 Å². The molecule has 92 valence electrons. The Morgan fingerprint density at radius 2 is 2.11 bits per heavy atom. The molecule has 1 aromatic carbocycles. The number of hydrogen-bond donors (Lipinski definition) is 1. The van der Waals surface area contributed by atoms with Gasteiger partial charge in [-0.25, -0.2) is 4.98 Å². The maximum Gasteiger partial charge on any atom is 0.150 e. The highest BCUT2D eigenvalue weighted by Crippen LogP contribution is 2.38. The molecule has 0 radical (unpaired) electrons. The summed E-state index contributed by atoms with van der Waals surface area (Å²) in [6, 6.07) is 10.2. The molecule has 2 heterocycles. The lowest BCUT2D eigenvalue weighted by molar-refractivity contribution is -0.0266. The Balaban J connectivity index is 1.96. The zero-order valence-corrected chi connectivity index (χ0v) is 12.1. The fraction of sp³-hybridized carbons (Fsp3) is 0.154. The van der Waals surface area contributed by atoms with Gasteiger partial charge in [-0.05, 0) is 28.9 Å². The summed E-state index contributed by atoms with van der Waals surface area (Å²) >= 11 is 5.01. The van der Waals surface area contributed by atoms with E-state index in [0.717, 1.165) is 20.1 Å². The van der Waals surface area contributed by atoms with Gasteiger partial charge in [0.25, 0.3) is 0 Å². The molecule has 0 bridgehead atoms. The topological polar surface area (TPSA) is 34.2 Å². The number of halogens is 1. The van der Waals surface area contributed by atoms with Gasteiger partial charge in [-0.15, -0.1) is 11.3 Å². The number of nitrogens with zero attached hydrogens (tertiary/aromatic N) is 1. The third-order valence-corrected chi connectivity index (χ3v) is 4.43. The average molecular weight is 323 g/mol. The first-order valence-corrected chi connectivity index (χ1v) is 7.12. The van der Waals surface area contributed by atoms with Gasteiger partial charge >= 0.3 is 0 Å². The van der Waals surface area contributed by atoms with Gasteiger partial charge < -0.3 is 0 Å². The minimum Gasteiger partial charge on any atom is -0.259 e. The third-order valence-electron chi connectivity index (χ3n) is 2.78. The molecule has 0 saturated carbocycles. The Kier molecular flexibility index (Phi) is 2.97. The predicted octanol–water partition coefficient (Wildman–Crippen LogP) is 3.80. The van der Waals surface area contributed by atoms with Crippen molar-refractivity contribution in [3.63, 3.8) is 0 Å². The molecule has 1 aromatic heterocycles. The van der Waals surface area contributed by atoms with Gasteiger partial charge in [0.05, 0.1) is 4.88 Å². The molecule has 3 rings (SSSR count). The maximum absolute atomic E-state index is 5.57. The molecular formula is C13H11BrN2OS. The van der Waals surface area contributed by atoms with Crippen molar-refractivity contribution in [1.29, 1.82) is 0 Å². The second-order valence-corrected chi connectivity index (χ2v) is 6.08. The van der Waals surface area contributed by atoms with E-state index in [0.29, 0.717) is 0 Å². The number of hydroxylamine groups is 1. The molecule has 1 atom stereocenters. The summed E-state index contributed by atoms with van der Waals surface area (Å²) in [5, 5.41) is 1.01. The highest BCUT2D eigenvalue weighted by Gasteiger charge is 2.33. The fourth-order valence-corrected chi connectivity index (χ4v) is 3.29. The third kappa shape index (κ3) is 2.09. The second-order valence-electron chi connectivity index (χ2n) is 4.20. The van der Waals surface area contributed by atoms with Crippen LogP contribution in [0.3, 0.4) is 0 Å². The Hall–Kier alpha value is -1.17. The molecular weight excluding hydrogens is 312 g/mol. The van der Waals surface area contributed by atoms with Crippen LogP contribution in [0.15, 0.2) is 47.2 Å². The van der Waals surface area contributed by atoms with E-state index in [4.69, 9.17) is 4.84 Å². The highest BCUT2D eigenvalue weighted by atomic mass is 79.9. The number of thiazole rings is 1. The lowest BCUT2D eigenvalue weighted by Gasteiger charge is -2.17. The zero-order chi connectivity index (χ0) is 12.6. The summed E-state index contributed by atoms with van der Waals surface area (Å²) in [7, 11) is 0. The van der Waals surface area contributed by atoms with E-state index < -0.39 is 5.60 Å². The minimum atomic E-state index is -0.455. The Morgan fingerprint density at radius 1 is 1.33 bits per heavy atom. The lowest BCUT2D eigenvalue weighted by atomic mass is 10.1. The Bertz CT molecular complexity index is 596. The Morgan fingerprint density at radius 3 is 2.78 bits per heavy atom. The smallest absolute Gasteiger partial charge is 0.150 e. The SMILES string of the molecule is C[C@]1(c2cnc(-c3ccccc3)s2)C=C(Br)NO1. The van der Waals surface area contributed by atoms with Crippen LogP contribution in [-0.4, -0.2) is 4.98 Å². The standard InChI is InChI=1S/C13H11BrN2OS/c1-13(7-11(14)16-17-13)10-8-15-12(18-10)9-5-3-2-4-6-9/h2-8,16H,1H3/t13-/m1/s1. The van der Waals surface area contributed by atoms with Crippen LogP contribution in [0.25, 0.3) is 10.6 Å². The predicted molar refractivity (Wildman–Crippen MR) is 76.1 cm³/mol. The summed E-state index contributed by atoms with van der Waals surface area (Å²) in [5.41, 5.74) is 3.49. The summed E-state index contributed by atoms with van der Waals surface area (Å²) in [6.45, 7) is 2.01. The van der Waals surface area contributed by atoms with Gasteiger partial charge in [0.2, 0.25) is 0 Å². The second kappa shape index (κ2) is 4.50. The molecule has 0 unspecified atom stereocenters. The Labute approximate surface area is 118 Å². The normalized spacial score (nSPS) is 22.7. The first-order chi connectivity index (χ1) is 8.67. The molecule has 0 saturated heterocycles. The molecule has 0 fully saturated rings. The number of hydrogen-bond acceptors (Lipinski definition) is 4. The molecule has 0 spiro atoms. The first-order valence-electron chi connectivity index (χ1n) is 5.51. The van der Waals surface area contributed by atoms with E-state index in [1.807, 2.05) is 37.4 Å². The quantitative estimate of drug-likeness (QED) is 0.854. The number of rotatable bonds is 2. The van der Waals surface area contributed by atoms with E-state index in [-0.39, 0.29) is 0 Å². The molecule has 5 heteroatoms. The molecule has 0 aliphatic carbocycles. The monoisotopic (exact) mass is 322 g/mol. The van der Waals surface area contributed by atoms with Crippen LogP contribution in [0.4, 0.5) is 0 Å². The maximum atomic E-state index is 5.57. The van der Waals surface area contributed by atoms with E-state index >= 15 is 0 Å². The van der Waals surface area contributed by atoms with Crippen molar-refractivity contribution in [1.82, 2.24) is 10.5 Å². The molecule has 18 heavy (non-hydrogen) atoms. The van der Waals surface area contributed by atoms with Gasteiger partial charge in [0.15, 0.2) is 0 Å². The molecule has 1 aliphatic rings. The van der Waals surface area contributed by atoms with E-state index in [1.165, 1.54) is 0 Å². The minimum absolute atomic E-state index is 0.455. The van der Waals surface area contributed by atoms with Gasteiger partial charge in [0.1, 0.15) is 15.2 Å². The van der Waals surface area contributed by atoms with E-state index in [9.17, 15) is 0 Å². The van der Waals surface area contributed by atoms with Crippen LogP contribution in [0.5, 0.6) is 0 Å². The fourth-order valence-electron chi connectivity index (χ4n) is 1.79. The van der Waals surface area contributed by atoms with Crippen LogP contribution in [0.2, 0.25) is 0 Å². The van der Waals surface area contributed by atoms with Crippen molar-refractivity contribution in [3.8, 4) is 10.6 Å². The van der Waals surface area contributed by atoms with Crippen LogP contribution < -0.4 is 5.48 Å². The lowest BCUT2D eigenvalue weighted by Crippen LogP contribution is -2.21. The summed E-state index contributed by atoms with van der Waals surface area (Å²) in [4.78, 5) is 11.1. The van der Waals surface area contributed by atoms with Crippen molar-refractivity contribution >= 4 is 27.3 Å². The molecule has 1 aliphatic heterocycles. The van der Waals surface area contributed by atoms with Crippen LogP contribution >= 0.6 is 27.3 Å². The van der Waals surface area contributed by atoms with Gasteiger partial charge in [-0.3, -0.25) is 10.3 Å². The van der Waals surface area contributed by atoms with E-state index in [2.05, 4.69) is 38.5 Å². The van der Waals surface area contributed by atoms with Crippen LogP contribution in [0.1, 0.15) is 11.8 Å². The van der Waals surface area contributed by atoms with Crippen molar-refractivity contribution < 1.29 is 4.84 Å². The average Bonchev–Trinajstić information content (AvgIpc) is 2.99. The summed E-state index contributed by atoms with van der Waals surface area (Å²) < 4.78 is 0.847. The van der Waals surface area contributed by atoms with Gasteiger partial charge in [0, 0.05) is 11.8 Å².